The van der Waals surface area contributed by atoms with Crippen molar-refractivity contribution in [3.63, 3.8) is 0 Å². The number of aromatic nitrogens is 4. The van der Waals surface area contributed by atoms with Gasteiger partial charge < -0.3 is 0 Å². The Hall–Kier alpha value is -2.43. The Morgan fingerprint density at radius 2 is 1.95 bits per heavy atom. The first-order valence-corrected chi connectivity index (χ1v) is 6.60. The highest BCUT2D eigenvalue weighted by Crippen LogP contribution is 2.13. The van der Waals surface area contributed by atoms with Crippen molar-refractivity contribution >= 4 is 12.1 Å². The zero-order valence-electron chi connectivity index (χ0n) is 11.6. The summed E-state index contributed by atoms with van der Waals surface area (Å²) in [6.07, 6.45) is 2.55. The van der Waals surface area contributed by atoms with E-state index in [-0.39, 0.29) is 0 Å². The van der Waals surface area contributed by atoms with E-state index in [0.717, 1.165) is 25.0 Å². The summed E-state index contributed by atoms with van der Waals surface area (Å²) >= 11 is 0. The lowest BCUT2D eigenvalue weighted by atomic mass is 10.1. The summed E-state index contributed by atoms with van der Waals surface area (Å²) in [5.41, 5.74) is 2.52. The van der Waals surface area contributed by atoms with Gasteiger partial charge in [-0.1, -0.05) is 30.3 Å². The van der Waals surface area contributed by atoms with Crippen LogP contribution in [0.25, 0.3) is 5.78 Å². The van der Waals surface area contributed by atoms with Crippen LogP contribution >= 0.6 is 0 Å². The summed E-state index contributed by atoms with van der Waals surface area (Å²) in [4.78, 5) is 15.5. The molecule has 0 spiro atoms. The van der Waals surface area contributed by atoms with Crippen molar-refractivity contribution < 1.29 is 4.79 Å². The third kappa shape index (κ3) is 2.01. The second kappa shape index (κ2) is 4.92. The monoisotopic (exact) mass is 268 g/mol. The van der Waals surface area contributed by atoms with Crippen LogP contribution in [-0.4, -0.2) is 25.5 Å². The zero-order valence-corrected chi connectivity index (χ0v) is 11.6. The van der Waals surface area contributed by atoms with E-state index in [1.165, 1.54) is 5.56 Å². The number of aldehydes is 1. The smallest absolute Gasteiger partial charge is 0.232 e. The van der Waals surface area contributed by atoms with Gasteiger partial charge in [0.25, 0.3) is 0 Å². The molecule has 2 heterocycles. The minimum Gasteiger partial charge on any atom is -0.300 e. The molecule has 0 fully saturated rings. The van der Waals surface area contributed by atoms with E-state index >= 15 is 0 Å². The number of imidazole rings is 1. The summed E-state index contributed by atoms with van der Waals surface area (Å²) in [7, 11) is 1.93. The van der Waals surface area contributed by atoms with Gasteiger partial charge in [-0.05, 0) is 18.9 Å². The molecule has 5 heteroatoms. The number of nitrogens with zero attached hydrogens (tertiary/aromatic N) is 4. The summed E-state index contributed by atoms with van der Waals surface area (Å²) in [5, 5.41) is 4.50. The molecule has 0 saturated carbocycles. The average molecular weight is 268 g/mol. The summed E-state index contributed by atoms with van der Waals surface area (Å²) in [6.45, 7) is 1.82. The Kier molecular flexibility index (Phi) is 3.10. The number of carbonyl (C=O) groups is 1. The van der Waals surface area contributed by atoms with Crippen molar-refractivity contribution in [1.82, 2.24) is 19.2 Å². The van der Waals surface area contributed by atoms with Crippen LogP contribution in [-0.2, 0) is 19.9 Å². The van der Waals surface area contributed by atoms with Crippen LogP contribution in [0.4, 0.5) is 0 Å². The van der Waals surface area contributed by atoms with Crippen LogP contribution in [0.3, 0.4) is 0 Å². The molecule has 0 amide bonds. The van der Waals surface area contributed by atoms with Gasteiger partial charge in [-0.2, -0.15) is 9.61 Å². The van der Waals surface area contributed by atoms with E-state index in [0.29, 0.717) is 17.2 Å². The van der Waals surface area contributed by atoms with Crippen LogP contribution in [0, 0.1) is 6.92 Å². The Morgan fingerprint density at radius 3 is 2.65 bits per heavy atom. The van der Waals surface area contributed by atoms with Gasteiger partial charge in [-0.3, -0.25) is 9.36 Å². The molecule has 0 radical (unpaired) electrons. The lowest BCUT2D eigenvalue weighted by Gasteiger charge is -2.01. The van der Waals surface area contributed by atoms with Gasteiger partial charge in [0, 0.05) is 13.5 Å². The Morgan fingerprint density at radius 1 is 1.20 bits per heavy atom. The predicted molar refractivity (Wildman–Crippen MR) is 75.9 cm³/mol. The minimum absolute atomic E-state index is 0.529. The van der Waals surface area contributed by atoms with E-state index in [9.17, 15) is 4.79 Å². The van der Waals surface area contributed by atoms with E-state index in [2.05, 4.69) is 22.2 Å². The van der Waals surface area contributed by atoms with Crippen molar-refractivity contribution in [2.24, 2.45) is 7.05 Å². The number of hydrogen-bond donors (Lipinski definition) is 0. The van der Waals surface area contributed by atoms with Crippen molar-refractivity contribution in [2.75, 3.05) is 0 Å². The lowest BCUT2D eigenvalue weighted by Crippen LogP contribution is -2.01. The number of carbonyl (C=O) groups excluding carboxylic acids is 1. The minimum atomic E-state index is 0.529. The molecule has 0 saturated heterocycles. The first-order chi connectivity index (χ1) is 9.70. The Balaban J connectivity index is 1.91. The van der Waals surface area contributed by atoms with Crippen LogP contribution in [0.2, 0.25) is 0 Å². The number of aryl methyl sites for hydroxylation is 4. The Labute approximate surface area is 116 Å². The van der Waals surface area contributed by atoms with Gasteiger partial charge in [0.1, 0.15) is 11.5 Å². The zero-order chi connectivity index (χ0) is 14.1. The van der Waals surface area contributed by atoms with Crippen LogP contribution in [0.5, 0.6) is 0 Å². The molecule has 1 aromatic carbocycles. The van der Waals surface area contributed by atoms with Crippen LogP contribution in [0.1, 0.15) is 27.6 Å². The summed E-state index contributed by atoms with van der Waals surface area (Å²) in [6, 6.07) is 10.3. The third-order valence-electron chi connectivity index (χ3n) is 3.55. The third-order valence-corrected chi connectivity index (χ3v) is 3.55. The molecule has 0 atom stereocenters. The molecule has 5 nitrogen and oxygen atoms in total. The second-order valence-corrected chi connectivity index (χ2v) is 4.87. The van der Waals surface area contributed by atoms with Gasteiger partial charge in [0.2, 0.25) is 5.78 Å². The molecule has 3 rings (SSSR count). The van der Waals surface area contributed by atoms with Gasteiger partial charge in [-0.25, -0.2) is 4.98 Å². The molecular formula is C15H16N4O. The molecule has 0 aliphatic heterocycles. The lowest BCUT2D eigenvalue weighted by molar-refractivity contribution is 0.111. The van der Waals surface area contributed by atoms with Gasteiger partial charge in [0.05, 0.1) is 5.69 Å². The van der Waals surface area contributed by atoms with Crippen molar-refractivity contribution in [3.05, 3.63) is 53.1 Å². The molecule has 0 aliphatic carbocycles. The van der Waals surface area contributed by atoms with E-state index in [1.807, 2.05) is 36.7 Å². The number of benzene rings is 1. The molecule has 3 aromatic rings. The fourth-order valence-corrected chi connectivity index (χ4v) is 2.38. The molecule has 0 N–H and O–H groups in total. The first kappa shape index (κ1) is 12.6. The molecule has 0 bridgehead atoms. The largest absolute Gasteiger partial charge is 0.300 e. The predicted octanol–water partition coefficient (Wildman–Crippen LogP) is 1.97. The van der Waals surface area contributed by atoms with E-state index < -0.39 is 0 Å². The molecular weight excluding hydrogens is 252 g/mol. The first-order valence-electron chi connectivity index (χ1n) is 6.60. The molecule has 0 unspecified atom stereocenters. The highest BCUT2D eigenvalue weighted by molar-refractivity contribution is 5.75. The van der Waals surface area contributed by atoms with Crippen molar-refractivity contribution in [1.29, 1.82) is 0 Å². The number of rotatable bonds is 4. The summed E-state index contributed by atoms with van der Waals surface area (Å²) in [5.74, 6) is 1.65. The maximum absolute atomic E-state index is 11.1. The highest BCUT2D eigenvalue weighted by Gasteiger charge is 2.15. The summed E-state index contributed by atoms with van der Waals surface area (Å²) < 4.78 is 3.58. The quantitative estimate of drug-likeness (QED) is 0.680. The normalized spacial score (nSPS) is 11.1. The van der Waals surface area contributed by atoms with Gasteiger partial charge in [0.15, 0.2) is 6.29 Å². The Bertz CT molecular complexity index is 755. The van der Waals surface area contributed by atoms with Crippen LogP contribution in [0.15, 0.2) is 30.3 Å². The molecule has 2 aromatic heterocycles. The topological polar surface area (TPSA) is 52.2 Å². The van der Waals surface area contributed by atoms with Gasteiger partial charge in [-0.15, -0.1) is 0 Å². The van der Waals surface area contributed by atoms with E-state index in [4.69, 9.17) is 0 Å². The molecule has 20 heavy (non-hydrogen) atoms. The standard InChI is InChI=1S/C15H16N4O/c1-11-13(10-20)19-15(16-11)18(2)14(17-19)9-8-12-6-4-3-5-7-12/h3-7,10H,8-9H2,1-2H3. The average Bonchev–Trinajstić information content (AvgIpc) is 2.94. The maximum atomic E-state index is 11.1. The number of hydrogen-bond acceptors (Lipinski definition) is 3. The highest BCUT2D eigenvalue weighted by atomic mass is 16.1. The fourth-order valence-electron chi connectivity index (χ4n) is 2.38. The van der Waals surface area contributed by atoms with Crippen molar-refractivity contribution in [3.8, 4) is 0 Å². The second-order valence-electron chi connectivity index (χ2n) is 4.87. The SMILES string of the molecule is Cc1nc2n(C)c(CCc3ccccc3)nn2c1C=O. The molecule has 102 valence electrons. The van der Waals surface area contributed by atoms with Crippen LogP contribution < -0.4 is 0 Å². The number of fused-ring (bicyclic) bond motifs is 1. The van der Waals surface area contributed by atoms with Gasteiger partial charge >= 0.3 is 0 Å². The maximum Gasteiger partial charge on any atom is 0.232 e. The fraction of sp³-hybridized carbons (Fsp3) is 0.267. The van der Waals surface area contributed by atoms with Crippen molar-refractivity contribution in [2.45, 2.75) is 19.8 Å². The van der Waals surface area contributed by atoms with E-state index in [1.54, 1.807) is 4.52 Å². The molecule has 0 aliphatic rings.